The van der Waals surface area contributed by atoms with Crippen molar-refractivity contribution in [2.45, 2.75) is 30.1 Å². The lowest BCUT2D eigenvalue weighted by Gasteiger charge is -2.37. The number of amidine groups is 1. The highest BCUT2D eigenvalue weighted by atomic mass is 32.2. The number of nitrogens with one attached hydrogen (secondary N) is 1. The Kier molecular flexibility index (Phi) is 3.29. The van der Waals surface area contributed by atoms with E-state index in [9.17, 15) is 0 Å². The molecule has 2 heterocycles. The fourth-order valence-corrected chi connectivity index (χ4v) is 4.46. The monoisotopic (exact) mass is 232 g/mol. The van der Waals surface area contributed by atoms with Gasteiger partial charge in [0.2, 0.25) is 0 Å². The van der Waals surface area contributed by atoms with Gasteiger partial charge in [0.05, 0.1) is 5.60 Å². The summed E-state index contributed by atoms with van der Waals surface area (Å²) in [5.41, 5.74) is 5.53. The third kappa shape index (κ3) is 2.38. The summed E-state index contributed by atoms with van der Waals surface area (Å²) in [5, 5.41) is 8.03. The highest BCUT2D eigenvalue weighted by molar-refractivity contribution is 8.14. The van der Waals surface area contributed by atoms with Crippen LogP contribution in [0.5, 0.6) is 0 Å². The molecule has 2 atom stereocenters. The highest BCUT2D eigenvalue weighted by Crippen LogP contribution is 2.41. The van der Waals surface area contributed by atoms with Gasteiger partial charge in [0.15, 0.2) is 5.17 Å². The van der Waals surface area contributed by atoms with E-state index < -0.39 is 0 Å². The van der Waals surface area contributed by atoms with Crippen molar-refractivity contribution in [2.24, 2.45) is 5.73 Å². The number of thioether (sulfide) groups is 2. The maximum absolute atomic E-state index is 7.28. The zero-order valence-corrected chi connectivity index (χ0v) is 9.76. The van der Waals surface area contributed by atoms with E-state index >= 15 is 0 Å². The molecule has 2 fully saturated rings. The molecular formula is C9H16N2OS2. The molecule has 2 aliphatic heterocycles. The number of nitrogens with two attached hydrogens (primary N) is 1. The summed E-state index contributed by atoms with van der Waals surface area (Å²) in [4.78, 5) is 0. The second-order valence-corrected chi connectivity index (χ2v) is 6.38. The number of ether oxygens (including phenoxy) is 1. The Morgan fingerprint density at radius 3 is 3.14 bits per heavy atom. The first-order valence-electron chi connectivity index (χ1n) is 4.93. The quantitative estimate of drug-likeness (QED) is 0.533. The van der Waals surface area contributed by atoms with Gasteiger partial charge in [0.25, 0.3) is 0 Å². The Hall–Kier alpha value is 0.130. The second-order valence-electron chi connectivity index (χ2n) is 3.93. The molecule has 80 valence electrons. The lowest BCUT2D eigenvalue weighted by molar-refractivity contribution is -0.0561. The van der Waals surface area contributed by atoms with Crippen molar-refractivity contribution < 1.29 is 4.74 Å². The molecule has 1 spiro atoms. The average Bonchev–Trinajstić information content (AvgIpc) is 2.52. The van der Waals surface area contributed by atoms with Gasteiger partial charge in [0.1, 0.15) is 0 Å². The van der Waals surface area contributed by atoms with Crippen molar-refractivity contribution in [2.75, 3.05) is 18.1 Å². The normalized spacial score (nSPS) is 37.6. The lowest BCUT2D eigenvalue weighted by Crippen LogP contribution is -2.41. The van der Waals surface area contributed by atoms with Gasteiger partial charge in [-0.15, -0.1) is 0 Å². The zero-order valence-electron chi connectivity index (χ0n) is 8.12. The van der Waals surface area contributed by atoms with Crippen molar-refractivity contribution in [1.29, 1.82) is 5.41 Å². The first-order chi connectivity index (χ1) is 6.70. The number of hydrogen-bond acceptors (Lipinski definition) is 4. The summed E-state index contributed by atoms with van der Waals surface area (Å²) in [6.45, 7) is 0.839. The van der Waals surface area contributed by atoms with Crippen molar-refractivity contribution in [3.63, 3.8) is 0 Å². The molecule has 2 aliphatic rings. The van der Waals surface area contributed by atoms with E-state index in [2.05, 4.69) is 0 Å². The van der Waals surface area contributed by atoms with Gasteiger partial charge in [-0.3, -0.25) is 5.41 Å². The van der Waals surface area contributed by atoms with Gasteiger partial charge in [0, 0.05) is 17.6 Å². The van der Waals surface area contributed by atoms with Crippen LogP contribution in [0.2, 0.25) is 0 Å². The molecule has 0 aromatic heterocycles. The predicted molar refractivity (Wildman–Crippen MR) is 63.2 cm³/mol. The molecule has 0 saturated carbocycles. The predicted octanol–water partition coefficient (Wildman–Crippen LogP) is 1.67. The largest absolute Gasteiger partial charge is 0.379 e. The second kappa shape index (κ2) is 4.33. The molecule has 0 radical (unpaired) electrons. The Labute approximate surface area is 93.0 Å². The summed E-state index contributed by atoms with van der Waals surface area (Å²) in [5.74, 6) is 2.35. The molecule has 0 aliphatic carbocycles. The lowest BCUT2D eigenvalue weighted by atomic mass is 9.93. The SMILES string of the molecule is N=C(N)SC1CCOC2(CCSC2)C1. The highest BCUT2D eigenvalue weighted by Gasteiger charge is 2.40. The summed E-state index contributed by atoms with van der Waals surface area (Å²) in [6, 6.07) is 0. The topological polar surface area (TPSA) is 59.1 Å². The minimum atomic E-state index is 0.121. The minimum absolute atomic E-state index is 0.121. The van der Waals surface area contributed by atoms with Gasteiger partial charge in [-0.25, -0.2) is 0 Å². The molecule has 0 bridgehead atoms. The third-order valence-electron chi connectivity index (χ3n) is 2.81. The van der Waals surface area contributed by atoms with Gasteiger partial charge in [-0.1, -0.05) is 11.8 Å². The van der Waals surface area contributed by atoms with Gasteiger partial charge in [-0.2, -0.15) is 11.8 Å². The molecule has 5 heteroatoms. The van der Waals surface area contributed by atoms with E-state index in [1.165, 1.54) is 23.9 Å². The van der Waals surface area contributed by atoms with Crippen LogP contribution in [0.1, 0.15) is 19.3 Å². The molecule has 0 amide bonds. The molecule has 0 aromatic rings. The minimum Gasteiger partial charge on any atom is -0.379 e. The summed E-state index contributed by atoms with van der Waals surface area (Å²) >= 11 is 3.49. The summed E-state index contributed by atoms with van der Waals surface area (Å²) < 4.78 is 5.89. The van der Waals surface area contributed by atoms with Crippen LogP contribution in [0, 0.1) is 5.41 Å². The van der Waals surface area contributed by atoms with E-state index in [-0.39, 0.29) is 10.8 Å². The summed E-state index contributed by atoms with van der Waals surface area (Å²) in [7, 11) is 0. The third-order valence-corrected chi connectivity index (χ3v) is 5.02. The maximum Gasteiger partial charge on any atom is 0.151 e. The standard InChI is InChI=1S/C9H16N2OS2/c10-8(11)14-7-1-3-12-9(5-7)2-4-13-6-9/h7H,1-6H2,(H3,10,11). The number of hydrogen-bond donors (Lipinski definition) is 2. The van der Waals surface area contributed by atoms with E-state index in [4.69, 9.17) is 15.9 Å². The van der Waals surface area contributed by atoms with Crippen LogP contribution in [-0.4, -0.2) is 34.1 Å². The van der Waals surface area contributed by atoms with Crippen LogP contribution in [-0.2, 0) is 4.74 Å². The smallest absolute Gasteiger partial charge is 0.151 e. The fourth-order valence-electron chi connectivity index (χ4n) is 2.13. The molecular weight excluding hydrogens is 216 g/mol. The van der Waals surface area contributed by atoms with Crippen LogP contribution in [0.15, 0.2) is 0 Å². The van der Waals surface area contributed by atoms with Crippen molar-refractivity contribution in [3.05, 3.63) is 0 Å². The van der Waals surface area contributed by atoms with E-state index in [0.717, 1.165) is 25.2 Å². The van der Waals surface area contributed by atoms with Crippen LogP contribution >= 0.6 is 23.5 Å². The van der Waals surface area contributed by atoms with E-state index in [0.29, 0.717) is 5.25 Å². The van der Waals surface area contributed by atoms with E-state index in [1.54, 1.807) is 0 Å². The van der Waals surface area contributed by atoms with Crippen LogP contribution < -0.4 is 5.73 Å². The Bertz CT molecular complexity index is 229. The van der Waals surface area contributed by atoms with E-state index in [1.807, 2.05) is 11.8 Å². The van der Waals surface area contributed by atoms with Crippen molar-refractivity contribution in [1.82, 2.24) is 0 Å². The van der Waals surface area contributed by atoms with Gasteiger partial charge >= 0.3 is 0 Å². The molecule has 2 saturated heterocycles. The van der Waals surface area contributed by atoms with Gasteiger partial charge in [-0.05, 0) is 25.0 Å². The Morgan fingerprint density at radius 2 is 2.50 bits per heavy atom. The molecule has 2 rings (SSSR count). The van der Waals surface area contributed by atoms with Crippen LogP contribution in [0.25, 0.3) is 0 Å². The van der Waals surface area contributed by atoms with Gasteiger partial charge < -0.3 is 10.5 Å². The van der Waals surface area contributed by atoms with Crippen LogP contribution in [0.4, 0.5) is 0 Å². The maximum atomic E-state index is 7.28. The molecule has 2 unspecified atom stereocenters. The molecule has 14 heavy (non-hydrogen) atoms. The molecule has 0 aromatic carbocycles. The Morgan fingerprint density at radius 1 is 1.64 bits per heavy atom. The Balaban J connectivity index is 1.93. The van der Waals surface area contributed by atoms with Crippen molar-refractivity contribution in [3.8, 4) is 0 Å². The first-order valence-corrected chi connectivity index (χ1v) is 6.96. The molecule has 3 nitrogen and oxygen atoms in total. The first kappa shape index (κ1) is 10.6. The summed E-state index contributed by atoms with van der Waals surface area (Å²) in [6.07, 6.45) is 3.29. The van der Waals surface area contributed by atoms with Crippen molar-refractivity contribution >= 4 is 28.7 Å². The molecule has 3 N–H and O–H groups in total. The average molecular weight is 232 g/mol. The zero-order chi connectivity index (χ0) is 10.0. The fraction of sp³-hybridized carbons (Fsp3) is 0.889. The van der Waals surface area contributed by atoms with Crippen LogP contribution in [0.3, 0.4) is 0 Å². The number of rotatable bonds is 1.